The molecule has 0 saturated carbocycles. The number of rotatable bonds is 3. The van der Waals surface area contributed by atoms with Gasteiger partial charge in [-0.3, -0.25) is 5.43 Å². The molecule has 0 amide bonds. The summed E-state index contributed by atoms with van der Waals surface area (Å²) in [6, 6.07) is 0.136. The number of nitrogens with one attached hydrogen (secondary N) is 1. The molecule has 2 rings (SSSR count). The van der Waals surface area contributed by atoms with Crippen molar-refractivity contribution in [2.45, 2.75) is 13.8 Å². The number of methoxy groups -OCH3 is 1. The van der Waals surface area contributed by atoms with Gasteiger partial charge in [-0.05, 0) is 13.8 Å². The average Bonchev–Trinajstić information content (AvgIpc) is 2.65. The van der Waals surface area contributed by atoms with E-state index >= 15 is 0 Å². The molecule has 0 aromatic carbocycles. The molecule has 0 radical (unpaired) electrons. The van der Waals surface area contributed by atoms with Crippen LogP contribution in [0.5, 0.6) is 6.01 Å². The number of hydrazine groups is 1. The smallest absolute Gasteiger partial charge is 0.322 e. The van der Waals surface area contributed by atoms with E-state index < -0.39 is 0 Å². The van der Waals surface area contributed by atoms with Gasteiger partial charge in [0.1, 0.15) is 0 Å². The highest BCUT2D eigenvalue weighted by Crippen LogP contribution is 2.21. The molecule has 0 aliphatic rings. The van der Waals surface area contributed by atoms with E-state index in [1.165, 1.54) is 11.8 Å². The van der Waals surface area contributed by atoms with E-state index in [4.69, 9.17) is 22.2 Å². The normalized spacial score (nSPS) is 10.5. The number of hydrogen-bond acceptors (Lipinski definition) is 7. The summed E-state index contributed by atoms with van der Waals surface area (Å²) in [5.74, 6) is 5.74. The van der Waals surface area contributed by atoms with Crippen molar-refractivity contribution in [2.24, 2.45) is 5.84 Å². The summed E-state index contributed by atoms with van der Waals surface area (Å²) in [5.41, 5.74) is 3.75. The van der Waals surface area contributed by atoms with Crippen LogP contribution < -0.4 is 16.0 Å². The third-order valence-electron chi connectivity index (χ3n) is 2.31. The Morgan fingerprint density at radius 3 is 2.50 bits per heavy atom. The van der Waals surface area contributed by atoms with Gasteiger partial charge in [0.05, 0.1) is 23.5 Å². The van der Waals surface area contributed by atoms with Gasteiger partial charge in [0, 0.05) is 0 Å². The number of aryl methyl sites for hydroxylation is 1. The maximum Gasteiger partial charge on any atom is 0.322 e. The Kier molecular flexibility index (Phi) is 3.30. The Bertz CT molecular complexity index is 560. The van der Waals surface area contributed by atoms with Crippen molar-refractivity contribution in [3.8, 4) is 12.0 Å². The van der Waals surface area contributed by atoms with Gasteiger partial charge in [-0.25, -0.2) is 10.5 Å². The molecule has 8 nitrogen and oxygen atoms in total. The summed E-state index contributed by atoms with van der Waals surface area (Å²) in [6.07, 6.45) is 0. The minimum atomic E-state index is 0.136. The first-order chi connectivity index (χ1) is 8.56. The molecular weight excluding hydrogens is 258 g/mol. The number of halogens is 1. The maximum atomic E-state index is 6.07. The van der Waals surface area contributed by atoms with E-state index in [1.807, 2.05) is 6.92 Å². The molecule has 0 unspecified atom stereocenters. The molecule has 2 heterocycles. The van der Waals surface area contributed by atoms with E-state index in [0.717, 1.165) is 5.69 Å². The lowest BCUT2D eigenvalue weighted by molar-refractivity contribution is 0.377. The molecular formula is C9H12ClN7O. The largest absolute Gasteiger partial charge is 0.467 e. The van der Waals surface area contributed by atoms with Crippen molar-refractivity contribution in [1.82, 2.24) is 24.7 Å². The number of nitrogen functional groups attached to an aromatic ring is 1. The van der Waals surface area contributed by atoms with Crippen LogP contribution in [-0.4, -0.2) is 31.8 Å². The third-order valence-corrected chi connectivity index (χ3v) is 2.85. The van der Waals surface area contributed by atoms with E-state index in [2.05, 4.69) is 25.5 Å². The average molecular weight is 270 g/mol. The Balaban J connectivity index is 2.59. The Morgan fingerprint density at radius 2 is 2.00 bits per heavy atom. The Hall–Kier alpha value is -1.93. The predicted octanol–water partition coefficient (Wildman–Crippen LogP) is 0.622. The fraction of sp³-hybridized carbons (Fsp3) is 0.333. The van der Waals surface area contributed by atoms with Gasteiger partial charge >= 0.3 is 6.01 Å². The standard InChI is InChI=1S/C9H12ClN7O/c1-4-6(10)5(2)17(16-4)8-12-7(15-11)13-9(14-8)18-3/h11H2,1-3H3,(H,12,13,14,15). The molecule has 2 aromatic heterocycles. The SMILES string of the molecule is COc1nc(NN)nc(-n2nc(C)c(Cl)c2C)n1. The molecule has 9 heteroatoms. The van der Waals surface area contributed by atoms with Gasteiger partial charge in [0.2, 0.25) is 5.95 Å². The van der Waals surface area contributed by atoms with Crippen molar-refractivity contribution >= 4 is 17.5 Å². The van der Waals surface area contributed by atoms with Gasteiger partial charge in [-0.1, -0.05) is 11.6 Å². The van der Waals surface area contributed by atoms with Crippen molar-refractivity contribution in [2.75, 3.05) is 12.5 Å². The van der Waals surface area contributed by atoms with E-state index in [1.54, 1.807) is 6.92 Å². The molecule has 2 aromatic rings. The summed E-state index contributed by atoms with van der Waals surface area (Å²) in [7, 11) is 1.45. The molecule has 0 fully saturated rings. The molecule has 18 heavy (non-hydrogen) atoms. The number of aromatic nitrogens is 5. The van der Waals surface area contributed by atoms with Crippen LogP contribution in [0.4, 0.5) is 5.95 Å². The predicted molar refractivity (Wildman–Crippen MR) is 65.8 cm³/mol. The number of ether oxygens (including phenoxy) is 1. The first-order valence-corrected chi connectivity index (χ1v) is 5.43. The summed E-state index contributed by atoms with van der Waals surface area (Å²) < 4.78 is 6.47. The second-order valence-electron chi connectivity index (χ2n) is 3.49. The second kappa shape index (κ2) is 4.75. The van der Waals surface area contributed by atoms with Crippen molar-refractivity contribution in [3.05, 3.63) is 16.4 Å². The fourth-order valence-electron chi connectivity index (χ4n) is 1.41. The van der Waals surface area contributed by atoms with Gasteiger partial charge in [-0.2, -0.15) is 20.1 Å². The monoisotopic (exact) mass is 269 g/mol. The van der Waals surface area contributed by atoms with Crippen LogP contribution in [0.1, 0.15) is 11.4 Å². The van der Waals surface area contributed by atoms with Crippen LogP contribution in [0.3, 0.4) is 0 Å². The molecule has 0 atom stereocenters. The summed E-state index contributed by atoms with van der Waals surface area (Å²) in [5, 5.41) is 4.80. The van der Waals surface area contributed by atoms with E-state index in [9.17, 15) is 0 Å². The van der Waals surface area contributed by atoms with Gasteiger partial charge in [-0.15, -0.1) is 0 Å². The number of nitrogens with zero attached hydrogens (tertiary/aromatic N) is 5. The lowest BCUT2D eigenvalue weighted by Crippen LogP contribution is -2.15. The van der Waals surface area contributed by atoms with Gasteiger partial charge in [0.25, 0.3) is 5.95 Å². The molecule has 96 valence electrons. The van der Waals surface area contributed by atoms with E-state index in [0.29, 0.717) is 10.7 Å². The topological polar surface area (TPSA) is 104 Å². The van der Waals surface area contributed by atoms with Crippen molar-refractivity contribution in [3.63, 3.8) is 0 Å². The minimum absolute atomic E-state index is 0.136. The number of hydrogen-bond donors (Lipinski definition) is 2. The summed E-state index contributed by atoms with van der Waals surface area (Å²) >= 11 is 6.07. The fourth-order valence-corrected chi connectivity index (χ4v) is 1.53. The zero-order valence-corrected chi connectivity index (χ0v) is 10.9. The van der Waals surface area contributed by atoms with Crippen LogP contribution in [0.25, 0.3) is 5.95 Å². The van der Waals surface area contributed by atoms with Crippen LogP contribution in [0, 0.1) is 13.8 Å². The minimum Gasteiger partial charge on any atom is -0.467 e. The Morgan fingerprint density at radius 1 is 1.28 bits per heavy atom. The molecule has 0 bridgehead atoms. The summed E-state index contributed by atoms with van der Waals surface area (Å²) in [6.45, 7) is 3.61. The van der Waals surface area contributed by atoms with Gasteiger partial charge < -0.3 is 4.74 Å². The lowest BCUT2D eigenvalue weighted by atomic mass is 10.4. The number of nitrogens with two attached hydrogens (primary N) is 1. The Labute approximate surface area is 108 Å². The quantitative estimate of drug-likeness (QED) is 0.622. The third kappa shape index (κ3) is 2.07. The maximum absolute atomic E-state index is 6.07. The van der Waals surface area contributed by atoms with E-state index in [-0.39, 0.29) is 17.9 Å². The zero-order valence-electron chi connectivity index (χ0n) is 10.1. The summed E-state index contributed by atoms with van der Waals surface area (Å²) in [4.78, 5) is 12.1. The highest BCUT2D eigenvalue weighted by atomic mass is 35.5. The molecule has 0 aliphatic heterocycles. The van der Waals surface area contributed by atoms with Gasteiger partial charge in [0.15, 0.2) is 0 Å². The molecule has 0 saturated heterocycles. The molecule has 3 N–H and O–H groups in total. The first kappa shape index (κ1) is 12.5. The highest BCUT2D eigenvalue weighted by molar-refractivity contribution is 6.31. The number of anilines is 1. The van der Waals surface area contributed by atoms with Crippen LogP contribution in [0.15, 0.2) is 0 Å². The molecule has 0 spiro atoms. The van der Waals surface area contributed by atoms with Crippen LogP contribution >= 0.6 is 11.6 Å². The molecule has 0 aliphatic carbocycles. The van der Waals surface area contributed by atoms with Crippen molar-refractivity contribution < 1.29 is 4.74 Å². The zero-order chi connectivity index (χ0) is 13.3. The first-order valence-electron chi connectivity index (χ1n) is 5.05. The van der Waals surface area contributed by atoms with Crippen LogP contribution in [0.2, 0.25) is 5.02 Å². The highest BCUT2D eigenvalue weighted by Gasteiger charge is 2.15. The van der Waals surface area contributed by atoms with Crippen LogP contribution in [-0.2, 0) is 0 Å². The lowest BCUT2D eigenvalue weighted by Gasteiger charge is -2.06. The van der Waals surface area contributed by atoms with Crippen molar-refractivity contribution in [1.29, 1.82) is 0 Å². The second-order valence-corrected chi connectivity index (χ2v) is 3.86.